The van der Waals surface area contributed by atoms with Crippen LogP contribution in [0, 0.1) is 0 Å². The summed E-state index contributed by atoms with van der Waals surface area (Å²) >= 11 is 0. The lowest BCUT2D eigenvalue weighted by molar-refractivity contribution is 0.373. The van der Waals surface area contributed by atoms with Gasteiger partial charge in [-0.1, -0.05) is 231 Å². The Labute approximate surface area is 356 Å². The lowest BCUT2D eigenvalue weighted by Gasteiger charge is -2.33. The molecule has 4 N–H and O–H groups in total. The van der Waals surface area contributed by atoms with Gasteiger partial charge < -0.3 is 20.8 Å². The molecule has 60 heavy (non-hydrogen) atoms. The fraction of sp³-hybridized carbons (Fsp3) is 0.111. The van der Waals surface area contributed by atoms with Crippen LogP contribution in [0.4, 0.5) is 0 Å². The first kappa shape index (κ1) is 40.5. The van der Waals surface area contributed by atoms with Gasteiger partial charge in [-0.25, -0.2) is 0 Å². The number of benzene rings is 8. The molecule has 0 saturated heterocycles. The molecule has 0 aliphatic carbocycles. The summed E-state index contributed by atoms with van der Waals surface area (Å²) < 4.78 is 0. The largest absolute Gasteiger partial charge is 0.508 e. The monoisotopic (exact) mass is 816 g/mol. The molecule has 8 aromatic carbocycles. The summed E-state index contributed by atoms with van der Waals surface area (Å²) in [5.41, 5.74) is 3.94. The summed E-state index contributed by atoms with van der Waals surface area (Å²) in [4.78, 5) is 0. The minimum absolute atomic E-state index is 0.192. The van der Waals surface area contributed by atoms with Crippen LogP contribution in [0.3, 0.4) is 0 Å². The maximum Gasteiger partial charge on any atom is 0.150 e. The van der Waals surface area contributed by atoms with Gasteiger partial charge in [0.05, 0.1) is 12.1 Å². The third kappa shape index (κ3) is 8.15. The average molecular weight is 817 g/mol. The number of para-hydroxylation sites is 2. The zero-order chi connectivity index (χ0) is 41.4. The third-order valence-corrected chi connectivity index (χ3v) is 21.3. The van der Waals surface area contributed by atoms with Crippen LogP contribution in [0.1, 0.15) is 34.3 Å². The minimum Gasteiger partial charge on any atom is -0.508 e. The Morgan fingerprint density at radius 3 is 0.900 bits per heavy atom. The van der Waals surface area contributed by atoms with Gasteiger partial charge in [0, 0.05) is 24.2 Å². The van der Waals surface area contributed by atoms with Crippen molar-refractivity contribution in [1.82, 2.24) is 10.6 Å². The van der Waals surface area contributed by atoms with Crippen molar-refractivity contribution < 1.29 is 10.2 Å². The molecule has 0 aromatic heterocycles. The van der Waals surface area contributed by atoms with Crippen LogP contribution in [0.25, 0.3) is 0 Å². The predicted octanol–water partition coefficient (Wildman–Crippen LogP) is 7.66. The van der Waals surface area contributed by atoms with Crippen molar-refractivity contribution in [1.29, 1.82) is 0 Å². The number of rotatable bonds is 15. The van der Waals surface area contributed by atoms with Gasteiger partial charge in [0.1, 0.15) is 27.6 Å². The van der Waals surface area contributed by atoms with E-state index in [2.05, 4.69) is 218 Å². The van der Waals surface area contributed by atoms with Gasteiger partial charge in [0.2, 0.25) is 0 Å². The molecule has 298 valence electrons. The SMILES string of the molecule is C[Si](c1ccccc1)(c1ccccc1)c1cccc(CN[C@H](c2ccccc2)[C@H](NCc2cccc([Si](C)(c3ccccc3)c3ccccc3)c2O)c2ccccc2)c1O. The molecule has 4 nitrogen and oxygen atoms in total. The molecule has 0 spiro atoms. The predicted molar refractivity (Wildman–Crippen MR) is 255 cm³/mol. The van der Waals surface area contributed by atoms with Gasteiger partial charge in [-0.05, 0) is 42.2 Å². The molecular weight excluding hydrogens is 765 g/mol. The molecule has 0 radical (unpaired) electrons. The van der Waals surface area contributed by atoms with E-state index in [0.29, 0.717) is 24.6 Å². The second kappa shape index (κ2) is 18.3. The minimum atomic E-state index is -2.58. The topological polar surface area (TPSA) is 64.5 Å². The zero-order valence-electron chi connectivity index (χ0n) is 34.2. The fourth-order valence-electron chi connectivity index (χ4n) is 8.93. The Morgan fingerprint density at radius 1 is 0.350 bits per heavy atom. The van der Waals surface area contributed by atoms with Crippen LogP contribution < -0.4 is 41.8 Å². The molecule has 8 aromatic rings. The summed E-state index contributed by atoms with van der Waals surface area (Å²) in [6, 6.07) is 75.7. The Morgan fingerprint density at radius 2 is 0.617 bits per heavy atom. The first-order chi connectivity index (χ1) is 29.4. The third-order valence-electron chi connectivity index (χ3n) is 12.4. The summed E-state index contributed by atoms with van der Waals surface area (Å²) in [6.07, 6.45) is 0. The van der Waals surface area contributed by atoms with Crippen LogP contribution in [-0.2, 0) is 13.1 Å². The van der Waals surface area contributed by atoms with E-state index in [0.717, 1.165) is 32.6 Å². The van der Waals surface area contributed by atoms with Crippen molar-refractivity contribution in [2.24, 2.45) is 0 Å². The van der Waals surface area contributed by atoms with Gasteiger partial charge in [-0.15, -0.1) is 0 Å². The zero-order valence-corrected chi connectivity index (χ0v) is 36.2. The highest BCUT2D eigenvalue weighted by atomic mass is 28.3. The molecule has 0 heterocycles. The van der Waals surface area contributed by atoms with Crippen molar-refractivity contribution in [3.8, 4) is 11.5 Å². The highest BCUT2D eigenvalue weighted by molar-refractivity contribution is 7.11. The molecule has 0 saturated carbocycles. The standard InChI is InChI=1S/C54H52N2O2Si2/c1-59(45-29-13-5-14-30-45,46-31-15-6-16-32-46)49-37-21-27-43(53(49)57)39-55-51(41-23-9-3-10-24-41)52(42-25-11-4-12-26-42)56-40-44-28-22-38-50(54(44)58)60(2,47-33-17-7-18-34-47)48-35-19-8-20-36-48/h3-38,51-52,55-58H,39-40H2,1-2H3/t51-,52-/m1/s1. The van der Waals surface area contributed by atoms with E-state index in [4.69, 9.17) is 0 Å². The fourth-order valence-corrected chi connectivity index (χ4v) is 16.4. The smallest absolute Gasteiger partial charge is 0.150 e. The number of phenolic OH excluding ortho intramolecular Hbond substituents is 2. The number of phenols is 2. The number of hydrogen-bond acceptors (Lipinski definition) is 4. The van der Waals surface area contributed by atoms with Crippen LogP contribution in [0.5, 0.6) is 11.5 Å². The van der Waals surface area contributed by atoms with Crippen molar-refractivity contribution >= 4 is 47.3 Å². The van der Waals surface area contributed by atoms with E-state index in [-0.39, 0.29) is 12.1 Å². The van der Waals surface area contributed by atoms with Crippen molar-refractivity contribution in [3.63, 3.8) is 0 Å². The Bertz CT molecular complexity index is 2330. The van der Waals surface area contributed by atoms with E-state index >= 15 is 0 Å². The summed E-state index contributed by atoms with van der Waals surface area (Å²) in [6.45, 7) is 5.55. The van der Waals surface area contributed by atoms with E-state index in [1.165, 1.54) is 20.7 Å². The number of aromatic hydroxyl groups is 2. The van der Waals surface area contributed by atoms with E-state index in [9.17, 15) is 10.2 Å². The number of nitrogens with one attached hydrogen (secondary N) is 2. The molecular formula is C54H52N2O2Si2. The first-order valence-corrected chi connectivity index (χ1v) is 25.8. The second-order valence-corrected chi connectivity index (χ2v) is 23.8. The molecule has 2 atom stereocenters. The van der Waals surface area contributed by atoms with Crippen LogP contribution in [0.15, 0.2) is 218 Å². The molecule has 0 aliphatic rings. The van der Waals surface area contributed by atoms with E-state index in [1.54, 1.807) is 0 Å². The van der Waals surface area contributed by atoms with Gasteiger partial charge in [-0.2, -0.15) is 0 Å². The van der Waals surface area contributed by atoms with Crippen LogP contribution >= 0.6 is 0 Å². The highest BCUT2D eigenvalue weighted by Gasteiger charge is 2.38. The Balaban J connectivity index is 1.15. The highest BCUT2D eigenvalue weighted by Crippen LogP contribution is 2.32. The molecule has 0 bridgehead atoms. The summed E-state index contributed by atoms with van der Waals surface area (Å²) in [5.74, 6) is 0.683. The van der Waals surface area contributed by atoms with Crippen LogP contribution in [-0.4, -0.2) is 26.4 Å². The molecule has 0 fully saturated rings. The molecule has 0 unspecified atom stereocenters. The van der Waals surface area contributed by atoms with Crippen molar-refractivity contribution in [2.45, 2.75) is 38.3 Å². The summed E-state index contributed by atoms with van der Waals surface area (Å²) in [5, 5.41) is 39.4. The van der Waals surface area contributed by atoms with E-state index < -0.39 is 16.1 Å². The molecule has 8 rings (SSSR count). The van der Waals surface area contributed by atoms with Gasteiger partial charge in [0.15, 0.2) is 0 Å². The summed E-state index contributed by atoms with van der Waals surface area (Å²) in [7, 11) is -5.15. The second-order valence-electron chi connectivity index (χ2n) is 15.9. The van der Waals surface area contributed by atoms with Gasteiger partial charge >= 0.3 is 0 Å². The first-order valence-electron chi connectivity index (χ1n) is 20.8. The lowest BCUT2D eigenvalue weighted by Crippen LogP contribution is -2.64. The van der Waals surface area contributed by atoms with Gasteiger partial charge in [-0.3, -0.25) is 0 Å². The molecule has 0 amide bonds. The Hall–Kier alpha value is -6.29. The quantitative estimate of drug-likeness (QED) is 0.0635. The average Bonchev–Trinajstić information content (AvgIpc) is 3.32. The van der Waals surface area contributed by atoms with Crippen molar-refractivity contribution in [3.05, 3.63) is 241 Å². The number of hydrogen-bond donors (Lipinski definition) is 4. The van der Waals surface area contributed by atoms with E-state index in [1.807, 2.05) is 24.3 Å². The normalized spacial score (nSPS) is 12.8. The maximum absolute atomic E-state index is 12.3. The Kier molecular flexibility index (Phi) is 12.4. The van der Waals surface area contributed by atoms with Crippen LogP contribution in [0.2, 0.25) is 13.1 Å². The molecule has 6 heteroatoms. The maximum atomic E-state index is 12.3. The van der Waals surface area contributed by atoms with Crippen molar-refractivity contribution in [2.75, 3.05) is 0 Å². The molecule has 0 aliphatic heterocycles. The van der Waals surface area contributed by atoms with Gasteiger partial charge in [0.25, 0.3) is 0 Å². The lowest BCUT2D eigenvalue weighted by atomic mass is 9.92.